The van der Waals surface area contributed by atoms with Gasteiger partial charge in [-0.05, 0) is 18.1 Å². The highest BCUT2D eigenvalue weighted by molar-refractivity contribution is 5.77. The van der Waals surface area contributed by atoms with Crippen molar-refractivity contribution < 1.29 is 18.7 Å². The van der Waals surface area contributed by atoms with Crippen LogP contribution in [0.4, 0.5) is 14.6 Å². The molecule has 0 unspecified atom stereocenters. The largest absolute Gasteiger partial charge is 0.480 e. The Hall–Kier alpha value is -2.32. The molecule has 0 aliphatic rings. The van der Waals surface area contributed by atoms with E-state index in [0.29, 0.717) is 6.42 Å². The highest BCUT2D eigenvalue weighted by Gasteiger charge is 2.24. The van der Waals surface area contributed by atoms with Crippen molar-refractivity contribution in [2.45, 2.75) is 32.7 Å². The fourth-order valence-corrected chi connectivity index (χ4v) is 1.86. The first-order valence-electron chi connectivity index (χ1n) is 6.43. The Labute approximate surface area is 119 Å². The monoisotopic (exact) mass is 299 g/mol. The number of nitrogens with one attached hydrogen (secondary N) is 1. The number of carboxylic acid groups (broad SMARTS) is 1. The first-order chi connectivity index (χ1) is 9.93. The van der Waals surface area contributed by atoms with Crippen molar-refractivity contribution in [1.29, 1.82) is 0 Å². The van der Waals surface area contributed by atoms with Crippen LogP contribution in [-0.4, -0.2) is 36.9 Å². The van der Waals surface area contributed by atoms with Gasteiger partial charge in [0.1, 0.15) is 11.9 Å². The maximum Gasteiger partial charge on any atom is 0.326 e. The number of nitrogens with zero attached hydrogens (tertiary/aromatic N) is 4. The molecular weight excluding hydrogens is 284 g/mol. The predicted octanol–water partition coefficient (Wildman–Crippen LogP) is 1.97. The lowest BCUT2D eigenvalue weighted by Crippen LogP contribution is -2.35. The molecule has 2 heterocycles. The summed E-state index contributed by atoms with van der Waals surface area (Å²) in [5.74, 6) is -1.57. The Morgan fingerprint density at radius 3 is 2.71 bits per heavy atom. The second kappa shape index (κ2) is 5.98. The zero-order chi connectivity index (χ0) is 15.6. The maximum atomic E-state index is 12.8. The van der Waals surface area contributed by atoms with Gasteiger partial charge < -0.3 is 10.4 Å². The summed E-state index contributed by atoms with van der Waals surface area (Å²) in [6.07, 6.45) is -2.16. The van der Waals surface area contributed by atoms with Crippen molar-refractivity contribution in [2.24, 2.45) is 5.92 Å². The molecule has 2 rings (SSSR count). The number of alkyl halides is 2. The third-order valence-corrected chi connectivity index (χ3v) is 3.26. The van der Waals surface area contributed by atoms with Gasteiger partial charge >= 0.3 is 5.97 Å². The van der Waals surface area contributed by atoms with Crippen LogP contribution in [0.5, 0.6) is 0 Å². The van der Waals surface area contributed by atoms with Crippen LogP contribution in [0.15, 0.2) is 12.1 Å². The van der Waals surface area contributed by atoms with Gasteiger partial charge in [0.2, 0.25) is 5.82 Å². The van der Waals surface area contributed by atoms with Crippen LogP contribution in [0, 0.1) is 5.92 Å². The topological polar surface area (TPSA) is 92.4 Å². The van der Waals surface area contributed by atoms with E-state index < -0.39 is 24.3 Å². The molecule has 2 aromatic rings. The third kappa shape index (κ3) is 3.06. The second-order valence-electron chi connectivity index (χ2n) is 4.69. The SMILES string of the molecule is CC[C@H](C)[C@H](Nc1ccc2nnc(C(F)F)n2n1)C(=O)O. The van der Waals surface area contributed by atoms with Crippen LogP contribution in [0.1, 0.15) is 32.5 Å². The standard InChI is InChI=1S/C12H15F2N5O2/c1-3-6(2)9(12(20)21)15-7-4-5-8-16-17-11(10(13)14)19(8)18-7/h4-6,9-10H,3H2,1-2H3,(H,15,18)(H,20,21)/t6-,9-/m0/s1. The average molecular weight is 299 g/mol. The van der Waals surface area contributed by atoms with Gasteiger partial charge in [-0.25, -0.2) is 13.6 Å². The van der Waals surface area contributed by atoms with Crippen molar-refractivity contribution >= 4 is 17.4 Å². The van der Waals surface area contributed by atoms with E-state index in [2.05, 4.69) is 20.6 Å². The number of hydrogen-bond donors (Lipinski definition) is 2. The Morgan fingerprint density at radius 2 is 2.14 bits per heavy atom. The summed E-state index contributed by atoms with van der Waals surface area (Å²) in [6, 6.07) is 2.08. The molecule has 0 bridgehead atoms. The normalized spacial score (nSPS) is 14.3. The van der Waals surface area contributed by atoms with Gasteiger partial charge in [0.25, 0.3) is 6.43 Å². The van der Waals surface area contributed by atoms with Crippen LogP contribution in [0.25, 0.3) is 5.65 Å². The summed E-state index contributed by atoms with van der Waals surface area (Å²) < 4.78 is 26.4. The number of aliphatic carboxylic acids is 1. The van der Waals surface area contributed by atoms with Gasteiger partial charge in [-0.2, -0.15) is 4.52 Å². The Morgan fingerprint density at radius 1 is 1.43 bits per heavy atom. The summed E-state index contributed by atoms with van der Waals surface area (Å²) in [4.78, 5) is 11.3. The van der Waals surface area contributed by atoms with Gasteiger partial charge in [0, 0.05) is 0 Å². The fraction of sp³-hybridized carbons (Fsp3) is 0.500. The molecule has 0 amide bonds. The van der Waals surface area contributed by atoms with Gasteiger partial charge in [-0.15, -0.1) is 15.3 Å². The minimum absolute atomic E-state index is 0.143. The molecule has 0 radical (unpaired) electrons. The van der Waals surface area contributed by atoms with Crippen molar-refractivity contribution in [1.82, 2.24) is 19.8 Å². The molecule has 2 N–H and O–H groups in total. The van der Waals surface area contributed by atoms with Crippen LogP contribution < -0.4 is 5.32 Å². The maximum absolute atomic E-state index is 12.8. The first-order valence-corrected chi connectivity index (χ1v) is 6.43. The van der Waals surface area contributed by atoms with E-state index >= 15 is 0 Å². The predicted molar refractivity (Wildman–Crippen MR) is 70.2 cm³/mol. The summed E-state index contributed by atoms with van der Waals surface area (Å²) in [5, 5.41) is 22.8. The molecule has 0 fully saturated rings. The number of halogens is 2. The molecule has 0 saturated heterocycles. The number of anilines is 1. The van der Waals surface area contributed by atoms with E-state index in [0.717, 1.165) is 4.52 Å². The molecule has 2 aromatic heterocycles. The fourth-order valence-electron chi connectivity index (χ4n) is 1.86. The lowest BCUT2D eigenvalue weighted by atomic mass is 9.99. The third-order valence-electron chi connectivity index (χ3n) is 3.26. The van der Waals surface area contributed by atoms with Crippen molar-refractivity contribution in [2.75, 3.05) is 5.32 Å². The number of fused-ring (bicyclic) bond motifs is 1. The first kappa shape index (κ1) is 15.1. The molecule has 21 heavy (non-hydrogen) atoms. The van der Waals surface area contributed by atoms with E-state index in [4.69, 9.17) is 0 Å². The lowest BCUT2D eigenvalue weighted by molar-refractivity contribution is -0.139. The smallest absolute Gasteiger partial charge is 0.326 e. The highest BCUT2D eigenvalue weighted by atomic mass is 19.3. The molecular formula is C12H15F2N5O2. The van der Waals surface area contributed by atoms with E-state index in [9.17, 15) is 18.7 Å². The van der Waals surface area contributed by atoms with Crippen LogP contribution >= 0.6 is 0 Å². The van der Waals surface area contributed by atoms with Crippen molar-refractivity contribution in [3.63, 3.8) is 0 Å². The Bertz CT molecular complexity index is 646. The number of hydrogen-bond acceptors (Lipinski definition) is 5. The molecule has 0 aliphatic carbocycles. The average Bonchev–Trinajstić information content (AvgIpc) is 2.86. The van der Waals surface area contributed by atoms with Gasteiger partial charge in [-0.1, -0.05) is 20.3 Å². The Balaban J connectivity index is 2.33. The number of carbonyl (C=O) groups is 1. The van der Waals surface area contributed by atoms with Gasteiger partial charge in [0.15, 0.2) is 5.65 Å². The zero-order valence-electron chi connectivity index (χ0n) is 11.5. The van der Waals surface area contributed by atoms with Crippen molar-refractivity contribution in [3.8, 4) is 0 Å². The number of carboxylic acids is 1. The quantitative estimate of drug-likeness (QED) is 0.847. The number of aromatic nitrogens is 4. The molecule has 9 heteroatoms. The van der Waals surface area contributed by atoms with E-state index in [-0.39, 0.29) is 17.4 Å². The van der Waals surface area contributed by atoms with Crippen molar-refractivity contribution in [3.05, 3.63) is 18.0 Å². The summed E-state index contributed by atoms with van der Waals surface area (Å²) >= 11 is 0. The minimum Gasteiger partial charge on any atom is -0.480 e. The zero-order valence-corrected chi connectivity index (χ0v) is 11.5. The molecule has 0 spiro atoms. The molecule has 0 aliphatic heterocycles. The van der Waals surface area contributed by atoms with Crippen LogP contribution in [0.3, 0.4) is 0 Å². The molecule has 2 atom stereocenters. The van der Waals surface area contributed by atoms with Gasteiger partial charge in [0.05, 0.1) is 0 Å². The van der Waals surface area contributed by atoms with E-state index in [1.807, 2.05) is 6.92 Å². The minimum atomic E-state index is -2.81. The summed E-state index contributed by atoms with van der Waals surface area (Å²) in [5.41, 5.74) is 0.172. The van der Waals surface area contributed by atoms with E-state index in [1.54, 1.807) is 6.92 Å². The molecule has 7 nitrogen and oxygen atoms in total. The highest BCUT2D eigenvalue weighted by Crippen LogP contribution is 2.19. The molecule has 0 saturated carbocycles. The van der Waals surface area contributed by atoms with Gasteiger partial charge in [-0.3, -0.25) is 0 Å². The molecule has 114 valence electrons. The second-order valence-corrected chi connectivity index (χ2v) is 4.69. The lowest BCUT2D eigenvalue weighted by Gasteiger charge is -2.20. The molecule has 0 aromatic carbocycles. The summed E-state index contributed by atoms with van der Waals surface area (Å²) in [6.45, 7) is 3.65. The number of rotatable bonds is 6. The summed E-state index contributed by atoms with van der Waals surface area (Å²) in [7, 11) is 0. The van der Waals surface area contributed by atoms with E-state index in [1.165, 1.54) is 12.1 Å². The Kier molecular flexibility index (Phi) is 4.29. The van der Waals surface area contributed by atoms with Crippen LogP contribution in [-0.2, 0) is 4.79 Å². The van der Waals surface area contributed by atoms with Crippen LogP contribution in [0.2, 0.25) is 0 Å².